The first kappa shape index (κ1) is 23.9. The molecule has 5 N–H and O–H groups in total. The number of ketones is 1. The van der Waals surface area contributed by atoms with Crippen molar-refractivity contribution in [3.05, 3.63) is 35.5 Å². The average Bonchev–Trinajstić information content (AvgIpc) is 2.64. The van der Waals surface area contributed by atoms with Crippen LogP contribution in [-0.2, 0) is 14.3 Å². The summed E-state index contributed by atoms with van der Waals surface area (Å²) < 4.78 is 10.7. The summed E-state index contributed by atoms with van der Waals surface area (Å²) in [6.07, 6.45) is 0.197. The molecule has 164 valence electrons. The smallest absolute Gasteiger partial charge is 0.187 e. The summed E-state index contributed by atoms with van der Waals surface area (Å²) >= 11 is 0. The molecule has 0 aromatic heterocycles. The lowest BCUT2D eigenvalue weighted by Crippen LogP contribution is -2.59. The third-order valence-electron chi connectivity index (χ3n) is 5.73. The van der Waals surface area contributed by atoms with Crippen LogP contribution in [0.2, 0.25) is 0 Å². The van der Waals surface area contributed by atoms with Gasteiger partial charge in [-0.05, 0) is 31.6 Å². The van der Waals surface area contributed by atoms with E-state index in [9.17, 15) is 30.3 Å². The zero-order chi connectivity index (χ0) is 22.0. The molecule has 2 rings (SSSR count). The molecule has 0 bridgehead atoms. The average molecular weight is 412 g/mol. The van der Waals surface area contributed by atoms with Crippen LogP contribution < -0.4 is 0 Å². The number of carbonyl (C=O) groups is 1. The Hall–Kier alpha value is -1.39. The Bertz CT molecular complexity index is 693. The zero-order valence-electron chi connectivity index (χ0n) is 17.3. The van der Waals surface area contributed by atoms with Gasteiger partial charge in [0, 0.05) is 11.8 Å². The number of hydrogen-bond donors (Lipinski definition) is 5. The van der Waals surface area contributed by atoms with Crippen molar-refractivity contribution in [3.8, 4) is 0 Å². The summed E-state index contributed by atoms with van der Waals surface area (Å²) in [5.41, 5.74) is -0.551. The standard InChI is InChI=1S/C21H32O8/c1-12(5-7-21(27)13(2)9-14(23)10-20(21,3)4)6-8-28-19-18(26)17(25)16(24)15(11-22)29-19/h5-7,9,15-19,22,24-27H,8,10-11H2,1-4H3/b7-5+,12-6+. The Kier molecular flexibility index (Phi) is 7.56. The topological polar surface area (TPSA) is 137 Å². The van der Waals surface area contributed by atoms with Crippen molar-refractivity contribution in [1.29, 1.82) is 0 Å². The first-order valence-electron chi connectivity index (χ1n) is 9.65. The second-order valence-electron chi connectivity index (χ2n) is 8.43. The third-order valence-corrected chi connectivity index (χ3v) is 5.73. The van der Waals surface area contributed by atoms with Crippen molar-refractivity contribution in [2.24, 2.45) is 5.41 Å². The van der Waals surface area contributed by atoms with Crippen LogP contribution in [0.1, 0.15) is 34.1 Å². The van der Waals surface area contributed by atoms with Crippen LogP contribution in [0.3, 0.4) is 0 Å². The van der Waals surface area contributed by atoms with Crippen LogP contribution in [0.15, 0.2) is 35.5 Å². The van der Waals surface area contributed by atoms with Gasteiger partial charge < -0.3 is 35.0 Å². The predicted molar refractivity (Wildman–Crippen MR) is 105 cm³/mol. The number of rotatable bonds is 6. The summed E-state index contributed by atoms with van der Waals surface area (Å²) in [5, 5.41) is 49.8. The molecule has 0 spiro atoms. The van der Waals surface area contributed by atoms with Crippen LogP contribution in [0.4, 0.5) is 0 Å². The number of carbonyl (C=O) groups excluding carboxylic acids is 1. The molecule has 0 saturated carbocycles. The maximum atomic E-state index is 11.8. The lowest BCUT2D eigenvalue weighted by atomic mass is 9.64. The Morgan fingerprint density at radius 2 is 1.93 bits per heavy atom. The molecule has 0 aromatic rings. The van der Waals surface area contributed by atoms with Crippen molar-refractivity contribution < 1.29 is 39.8 Å². The number of ether oxygens (including phenoxy) is 2. The van der Waals surface area contributed by atoms with E-state index in [1.807, 2.05) is 13.8 Å². The van der Waals surface area contributed by atoms with Crippen molar-refractivity contribution >= 4 is 5.78 Å². The molecule has 1 fully saturated rings. The molecule has 0 aromatic carbocycles. The molecule has 6 atom stereocenters. The molecule has 6 unspecified atom stereocenters. The van der Waals surface area contributed by atoms with Gasteiger partial charge in [-0.25, -0.2) is 0 Å². The lowest BCUT2D eigenvalue weighted by Gasteiger charge is -2.44. The summed E-state index contributed by atoms with van der Waals surface area (Å²) in [7, 11) is 0. The Morgan fingerprint density at radius 3 is 2.52 bits per heavy atom. The lowest BCUT2D eigenvalue weighted by molar-refractivity contribution is -0.298. The Morgan fingerprint density at radius 1 is 1.28 bits per heavy atom. The quantitative estimate of drug-likeness (QED) is 0.384. The highest BCUT2D eigenvalue weighted by Crippen LogP contribution is 2.44. The van der Waals surface area contributed by atoms with E-state index in [1.165, 1.54) is 6.08 Å². The van der Waals surface area contributed by atoms with Crippen molar-refractivity contribution in [2.75, 3.05) is 13.2 Å². The van der Waals surface area contributed by atoms with Gasteiger partial charge in [0.15, 0.2) is 12.1 Å². The van der Waals surface area contributed by atoms with Gasteiger partial charge in [-0.2, -0.15) is 0 Å². The molecule has 1 aliphatic heterocycles. The molecule has 8 nitrogen and oxygen atoms in total. The van der Waals surface area contributed by atoms with E-state index in [1.54, 1.807) is 32.1 Å². The van der Waals surface area contributed by atoms with Crippen LogP contribution in [0.5, 0.6) is 0 Å². The van der Waals surface area contributed by atoms with E-state index in [0.29, 0.717) is 5.57 Å². The molecule has 1 heterocycles. The van der Waals surface area contributed by atoms with E-state index in [-0.39, 0.29) is 18.8 Å². The molecule has 1 saturated heterocycles. The van der Waals surface area contributed by atoms with Gasteiger partial charge in [-0.1, -0.05) is 31.6 Å². The SMILES string of the molecule is CC1=CC(=O)CC(C)(C)C1(O)/C=C/C(C)=C/COC1OC(CO)C(O)C(O)C1O. The van der Waals surface area contributed by atoms with Crippen LogP contribution in [0.25, 0.3) is 0 Å². The molecule has 0 radical (unpaired) electrons. The van der Waals surface area contributed by atoms with Gasteiger partial charge in [0.25, 0.3) is 0 Å². The fraction of sp³-hybridized carbons (Fsp3) is 0.667. The zero-order valence-corrected chi connectivity index (χ0v) is 17.3. The van der Waals surface area contributed by atoms with E-state index in [2.05, 4.69) is 0 Å². The van der Waals surface area contributed by atoms with Crippen LogP contribution >= 0.6 is 0 Å². The third kappa shape index (κ3) is 5.03. The first-order valence-corrected chi connectivity index (χ1v) is 9.65. The monoisotopic (exact) mass is 412 g/mol. The van der Waals surface area contributed by atoms with Gasteiger partial charge >= 0.3 is 0 Å². The molecule has 0 amide bonds. The summed E-state index contributed by atoms with van der Waals surface area (Å²) in [6.45, 7) is 6.72. The fourth-order valence-corrected chi connectivity index (χ4v) is 3.66. The summed E-state index contributed by atoms with van der Waals surface area (Å²) in [5.74, 6) is -0.00855. The van der Waals surface area contributed by atoms with E-state index in [4.69, 9.17) is 9.47 Å². The highest BCUT2D eigenvalue weighted by molar-refractivity contribution is 5.92. The van der Waals surface area contributed by atoms with Crippen LogP contribution in [-0.4, -0.2) is 80.8 Å². The molecule has 29 heavy (non-hydrogen) atoms. The minimum Gasteiger partial charge on any atom is -0.394 e. The molecule has 1 aliphatic carbocycles. The first-order chi connectivity index (χ1) is 13.4. The number of aliphatic hydroxyl groups is 5. The molecule has 8 heteroatoms. The number of allylic oxidation sites excluding steroid dienone is 3. The second kappa shape index (κ2) is 9.18. The van der Waals surface area contributed by atoms with Crippen molar-refractivity contribution in [2.45, 2.75) is 70.4 Å². The highest BCUT2D eigenvalue weighted by Gasteiger charge is 2.47. The second-order valence-corrected chi connectivity index (χ2v) is 8.43. The van der Waals surface area contributed by atoms with Gasteiger partial charge in [0.05, 0.1) is 13.2 Å². The Labute approximate surface area is 170 Å². The predicted octanol–water partition coefficient (Wildman–Crippen LogP) is -0.0182. The minimum absolute atomic E-state index is 0.00855. The summed E-state index contributed by atoms with van der Waals surface area (Å²) in [6, 6.07) is 0. The van der Waals surface area contributed by atoms with Gasteiger partial charge in [-0.15, -0.1) is 0 Å². The fourth-order valence-electron chi connectivity index (χ4n) is 3.66. The highest BCUT2D eigenvalue weighted by atomic mass is 16.7. The van der Waals surface area contributed by atoms with Gasteiger partial charge in [0.2, 0.25) is 0 Å². The van der Waals surface area contributed by atoms with E-state index < -0.39 is 48.3 Å². The van der Waals surface area contributed by atoms with Gasteiger partial charge in [0.1, 0.15) is 30.0 Å². The van der Waals surface area contributed by atoms with E-state index >= 15 is 0 Å². The van der Waals surface area contributed by atoms with Crippen molar-refractivity contribution in [1.82, 2.24) is 0 Å². The summed E-state index contributed by atoms with van der Waals surface area (Å²) in [4.78, 5) is 11.8. The minimum atomic E-state index is -1.49. The normalized spacial score (nSPS) is 38.4. The molecule has 2 aliphatic rings. The van der Waals surface area contributed by atoms with E-state index in [0.717, 1.165) is 5.57 Å². The molecular weight excluding hydrogens is 380 g/mol. The van der Waals surface area contributed by atoms with Gasteiger partial charge in [-0.3, -0.25) is 4.79 Å². The van der Waals surface area contributed by atoms with Crippen molar-refractivity contribution in [3.63, 3.8) is 0 Å². The van der Waals surface area contributed by atoms with Crippen LogP contribution in [0, 0.1) is 5.41 Å². The maximum absolute atomic E-state index is 11.8. The Balaban J connectivity index is 2.01. The number of hydrogen-bond acceptors (Lipinski definition) is 8. The molecular formula is C21H32O8. The number of aliphatic hydroxyl groups excluding tert-OH is 4. The largest absolute Gasteiger partial charge is 0.394 e. The maximum Gasteiger partial charge on any atom is 0.187 e.